The normalized spacial score (nSPS) is 12.9. The summed E-state index contributed by atoms with van der Waals surface area (Å²) in [7, 11) is 0. The average Bonchev–Trinajstić information content (AvgIpc) is 3.88. The van der Waals surface area contributed by atoms with Crippen LogP contribution in [0.3, 0.4) is 0 Å². The molecule has 2 heteroatoms. The van der Waals surface area contributed by atoms with Crippen LogP contribution in [0.1, 0.15) is 22.3 Å². The Morgan fingerprint density at radius 1 is 0.302 bits per heavy atom. The van der Waals surface area contributed by atoms with Crippen LogP contribution in [0.4, 0.5) is 17.1 Å². The number of thiophene rings is 1. The van der Waals surface area contributed by atoms with Crippen LogP contribution < -0.4 is 4.90 Å². The minimum atomic E-state index is -0.522. The maximum Gasteiger partial charge on any atom is 0.0714 e. The molecule has 0 amide bonds. The van der Waals surface area contributed by atoms with E-state index in [1.165, 1.54) is 98.1 Å². The molecule has 1 heterocycles. The Kier molecular flexibility index (Phi) is 8.06. The van der Waals surface area contributed by atoms with Gasteiger partial charge in [0, 0.05) is 37.1 Å². The Bertz CT molecular complexity index is 3540. The third-order valence-electron chi connectivity index (χ3n) is 13.5. The van der Waals surface area contributed by atoms with E-state index in [0.29, 0.717) is 0 Å². The Morgan fingerprint density at radius 3 is 1.40 bits per heavy atom. The zero-order valence-corrected chi connectivity index (χ0v) is 35.2. The molecule has 63 heavy (non-hydrogen) atoms. The molecule has 0 bridgehead atoms. The maximum atomic E-state index is 2.54. The van der Waals surface area contributed by atoms with Crippen molar-refractivity contribution in [3.05, 3.63) is 259 Å². The quantitative estimate of drug-likeness (QED) is 0.167. The van der Waals surface area contributed by atoms with Gasteiger partial charge in [-0.25, -0.2) is 0 Å². The number of rotatable bonds is 5. The molecule has 0 spiro atoms. The van der Waals surface area contributed by atoms with Gasteiger partial charge in [0.15, 0.2) is 0 Å². The highest BCUT2D eigenvalue weighted by atomic mass is 32.1. The number of hydrogen-bond donors (Lipinski definition) is 0. The Hall–Kier alpha value is -7.78. The summed E-state index contributed by atoms with van der Waals surface area (Å²) in [6.45, 7) is 0. The molecule has 1 nitrogen and oxygen atoms in total. The summed E-state index contributed by atoms with van der Waals surface area (Å²) in [6, 6.07) is 88.2. The molecule has 0 aliphatic heterocycles. The van der Waals surface area contributed by atoms with Crippen LogP contribution >= 0.6 is 11.3 Å². The molecular weight excluding hydrogens is 779 g/mol. The molecule has 11 aromatic rings. The van der Waals surface area contributed by atoms with E-state index >= 15 is 0 Å². The molecule has 10 aromatic carbocycles. The molecule has 1 aromatic heterocycles. The standard InChI is InChI=1S/C61H39NS/c1-3-18-40(19-4-1)61(41-20-5-2-6-21-41)55-30-15-13-29-52(55)60-56(61)31-17-32-57(60)62(43-35-37-59-54(39-43)51-28-14-16-33-58(51)63-59)42-34-36-50-48-26-10-9-24-46(48)44-22-7-8-23-45(44)47-25-11-12-27-49(47)53(50)38-42/h1-39H. The number of anilines is 3. The fourth-order valence-corrected chi connectivity index (χ4v) is 12.0. The van der Waals surface area contributed by atoms with Crippen molar-refractivity contribution in [3.8, 4) is 55.6 Å². The third kappa shape index (κ3) is 5.29. The second-order valence-electron chi connectivity index (χ2n) is 16.7. The molecule has 2 aliphatic carbocycles. The number of hydrogen-bond acceptors (Lipinski definition) is 2. The van der Waals surface area contributed by atoms with Crippen molar-refractivity contribution in [1.29, 1.82) is 0 Å². The summed E-state index contributed by atoms with van der Waals surface area (Å²) in [6.07, 6.45) is 0. The van der Waals surface area contributed by atoms with E-state index in [1.807, 2.05) is 11.3 Å². The summed E-state index contributed by atoms with van der Waals surface area (Å²) < 4.78 is 2.59. The highest BCUT2D eigenvalue weighted by Gasteiger charge is 2.47. The van der Waals surface area contributed by atoms with Crippen LogP contribution in [0, 0.1) is 0 Å². The van der Waals surface area contributed by atoms with E-state index < -0.39 is 5.41 Å². The summed E-state index contributed by atoms with van der Waals surface area (Å²) in [5.74, 6) is 0. The Balaban J connectivity index is 1.13. The van der Waals surface area contributed by atoms with E-state index in [1.54, 1.807) is 0 Å². The number of fused-ring (bicyclic) bond motifs is 14. The first-order chi connectivity index (χ1) is 31.3. The SMILES string of the molecule is c1ccc(C2(c3ccccc3)c3ccccc3-c3c(N(c4ccc5c(c4)-c4ccccc4-c4ccccc4-c4ccccc4-5)c4ccc5sc6ccccc6c5c4)cccc32)cc1. The van der Waals surface area contributed by atoms with E-state index in [0.717, 1.165) is 17.1 Å². The minimum absolute atomic E-state index is 0.522. The van der Waals surface area contributed by atoms with Crippen LogP contribution in [-0.4, -0.2) is 0 Å². The van der Waals surface area contributed by atoms with Gasteiger partial charge in [0.05, 0.1) is 11.1 Å². The fourth-order valence-electron chi connectivity index (χ4n) is 10.9. The fraction of sp³-hybridized carbons (Fsp3) is 0.0164. The molecule has 294 valence electrons. The highest BCUT2D eigenvalue weighted by Crippen LogP contribution is 2.60. The average molecular weight is 818 g/mol. The van der Waals surface area contributed by atoms with Crippen LogP contribution in [-0.2, 0) is 5.41 Å². The van der Waals surface area contributed by atoms with Gasteiger partial charge in [-0.2, -0.15) is 0 Å². The van der Waals surface area contributed by atoms with Gasteiger partial charge in [-0.3, -0.25) is 0 Å². The molecule has 0 saturated heterocycles. The van der Waals surface area contributed by atoms with Crippen LogP contribution in [0.25, 0.3) is 75.8 Å². The van der Waals surface area contributed by atoms with Gasteiger partial charge in [0.1, 0.15) is 0 Å². The largest absolute Gasteiger partial charge is 0.310 e. The lowest BCUT2D eigenvalue weighted by Crippen LogP contribution is -2.28. The monoisotopic (exact) mass is 817 g/mol. The van der Waals surface area contributed by atoms with E-state index in [4.69, 9.17) is 0 Å². The molecule has 2 aliphatic rings. The lowest BCUT2D eigenvalue weighted by atomic mass is 9.68. The van der Waals surface area contributed by atoms with Gasteiger partial charge in [-0.1, -0.05) is 194 Å². The summed E-state index contributed by atoms with van der Waals surface area (Å²) in [4.78, 5) is 2.54. The Morgan fingerprint density at radius 2 is 0.762 bits per heavy atom. The van der Waals surface area contributed by atoms with Crippen molar-refractivity contribution in [3.63, 3.8) is 0 Å². The Labute approximate surface area is 371 Å². The summed E-state index contributed by atoms with van der Waals surface area (Å²) in [5, 5.41) is 2.56. The zero-order valence-electron chi connectivity index (χ0n) is 34.4. The van der Waals surface area contributed by atoms with Gasteiger partial charge in [-0.05, 0) is 115 Å². The predicted molar refractivity (Wildman–Crippen MR) is 267 cm³/mol. The van der Waals surface area contributed by atoms with Gasteiger partial charge in [0.2, 0.25) is 0 Å². The van der Waals surface area contributed by atoms with Crippen LogP contribution in [0.5, 0.6) is 0 Å². The molecule has 0 fully saturated rings. The van der Waals surface area contributed by atoms with Gasteiger partial charge >= 0.3 is 0 Å². The third-order valence-corrected chi connectivity index (χ3v) is 14.7. The van der Waals surface area contributed by atoms with Gasteiger partial charge in [0.25, 0.3) is 0 Å². The summed E-state index contributed by atoms with van der Waals surface area (Å²) >= 11 is 1.86. The van der Waals surface area contributed by atoms with Gasteiger partial charge < -0.3 is 4.90 Å². The lowest BCUT2D eigenvalue weighted by molar-refractivity contribution is 0.768. The van der Waals surface area contributed by atoms with Crippen molar-refractivity contribution in [2.24, 2.45) is 0 Å². The van der Waals surface area contributed by atoms with Crippen molar-refractivity contribution in [2.45, 2.75) is 5.41 Å². The maximum absolute atomic E-state index is 2.54. The molecule has 0 N–H and O–H groups in total. The molecule has 0 unspecified atom stereocenters. The second-order valence-corrected chi connectivity index (χ2v) is 17.8. The van der Waals surface area contributed by atoms with Crippen LogP contribution in [0.15, 0.2) is 237 Å². The van der Waals surface area contributed by atoms with Crippen molar-refractivity contribution in [1.82, 2.24) is 0 Å². The molecule has 13 rings (SSSR count). The molecule has 0 radical (unpaired) electrons. The molecular formula is C61H39NS. The first-order valence-corrected chi connectivity index (χ1v) is 22.6. The zero-order chi connectivity index (χ0) is 41.5. The first kappa shape index (κ1) is 35.9. The lowest BCUT2D eigenvalue weighted by Gasteiger charge is -2.34. The van der Waals surface area contributed by atoms with Crippen molar-refractivity contribution >= 4 is 48.6 Å². The number of nitrogens with zero attached hydrogens (tertiary/aromatic N) is 1. The number of benzene rings is 10. The van der Waals surface area contributed by atoms with Crippen molar-refractivity contribution < 1.29 is 0 Å². The van der Waals surface area contributed by atoms with Crippen LogP contribution in [0.2, 0.25) is 0 Å². The molecule has 0 atom stereocenters. The van der Waals surface area contributed by atoms with E-state index in [-0.39, 0.29) is 0 Å². The second kappa shape index (κ2) is 14.1. The smallest absolute Gasteiger partial charge is 0.0714 e. The first-order valence-electron chi connectivity index (χ1n) is 21.8. The van der Waals surface area contributed by atoms with Gasteiger partial charge in [-0.15, -0.1) is 11.3 Å². The van der Waals surface area contributed by atoms with Crippen molar-refractivity contribution in [2.75, 3.05) is 4.90 Å². The van der Waals surface area contributed by atoms with E-state index in [9.17, 15) is 0 Å². The molecule has 0 saturated carbocycles. The predicted octanol–water partition coefficient (Wildman–Crippen LogP) is 16.9. The minimum Gasteiger partial charge on any atom is -0.310 e. The van der Waals surface area contributed by atoms with E-state index in [2.05, 4.69) is 241 Å². The summed E-state index contributed by atoms with van der Waals surface area (Å²) in [5.41, 5.74) is 20.4. The highest BCUT2D eigenvalue weighted by molar-refractivity contribution is 7.25. The topological polar surface area (TPSA) is 3.24 Å².